The van der Waals surface area contributed by atoms with Crippen molar-refractivity contribution in [2.75, 3.05) is 33.8 Å². The molecule has 0 aliphatic carbocycles. The van der Waals surface area contributed by atoms with E-state index in [1.807, 2.05) is 30.4 Å². The first-order valence-corrected chi connectivity index (χ1v) is 7.14. The third-order valence-corrected chi connectivity index (χ3v) is 4.24. The van der Waals surface area contributed by atoms with Crippen LogP contribution < -0.4 is 0 Å². The van der Waals surface area contributed by atoms with Crippen LogP contribution in [0.4, 0.5) is 0 Å². The van der Waals surface area contributed by atoms with Crippen molar-refractivity contribution < 1.29 is 9.90 Å². The van der Waals surface area contributed by atoms with Crippen molar-refractivity contribution in [3.63, 3.8) is 0 Å². The molecule has 1 aliphatic heterocycles. The van der Waals surface area contributed by atoms with E-state index in [0.29, 0.717) is 10.9 Å². The smallest absolute Gasteiger partial charge is 0.265 e. The maximum atomic E-state index is 12.4. The van der Waals surface area contributed by atoms with E-state index in [-0.39, 0.29) is 12.5 Å². The highest BCUT2D eigenvalue weighted by Gasteiger charge is 2.29. The molecule has 0 bridgehead atoms. The Kier molecular flexibility index (Phi) is 4.59. The summed E-state index contributed by atoms with van der Waals surface area (Å²) in [7, 11) is 4.09. The van der Waals surface area contributed by atoms with Gasteiger partial charge in [0.15, 0.2) is 0 Å². The summed E-state index contributed by atoms with van der Waals surface area (Å²) in [5.74, 6) is 5.49. The number of likely N-dealkylation sites (N-methyl/N-ethyl adjacent to an activating group) is 1. The molecule has 0 radical (unpaired) electrons. The van der Waals surface area contributed by atoms with Crippen LogP contribution in [0.15, 0.2) is 11.4 Å². The quantitative estimate of drug-likeness (QED) is 0.816. The van der Waals surface area contributed by atoms with E-state index in [2.05, 4.69) is 16.7 Å². The summed E-state index contributed by atoms with van der Waals surface area (Å²) >= 11 is 1.42. The Morgan fingerprint density at radius 3 is 3.05 bits per heavy atom. The van der Waals surface area contributed by atoms with Crippen molar-refractivity contribution >= 4 is 17.2 Å². The highest BCUT2D eigenvalue weighted by Crippen LogP contribution is 2.22. The lowest BCUT2D eigenvalue weighted by molar-refractivity contribution is 0.0787. The van der Waals surface area contributed by atoms with Gasteiger partial charge in [-0.05, 0) is 32.0 Å². The second-order valence-electron chi connectivity index (χ2n) is 4.78. The zero-order valence-electron chi connectivity index (χ0n) is 11.2. The zero-order valence-corrected chi connectivity index (χ0v) is 12.0. The van der Waals surface area contributed by atoms with E-state index in [1.54, 1.807) is 0 Å². The molecule has 2 heterocycles. The topological polar surface area (TPSA) is 43.8 Å². The first-order valence-electron chi connectivity index (χ1n) is 6.26. The lowest BCUT2D eigenvalue weighted by Crippen LogP contribution is -2.34. The van der Waals surface area contributed by atoms with Crippen molar-refractivity contribution in [2.24, 2.45) is 0 Å². The van der Waals surface area contributed by atoms with Gasteiger partial charge in [0.25, 0.3) is 5.91 Å². The molecule has 1 saturated heterocycles. The number of hydrogen-bond donors (Lipinski definition) is 1. The molecule has 0 saturated carbocycles. The van der Waals surface area contributed by atoms with Crippen molar-refractivity contribution in [3.8, 4) is 11.8 Å². The molecule has 4 nitrogen and oxygen atoms in total. The second kappa shape index (κ2) is 6.20. The highest BCUT2D eigenvalue weighted by molar-refractivity contribution is 7.12. The van der Waals surface area contributed by atoms with Gasteiger partial charge >= 0.3 is 0 Å². The predicted octanol–water partition coefficient (Wildman–Crippen LogP) is 0.868. The first-order chi connectivity index (χ1) is 9.13. The molecule has 0 aromatic carbocycles. The van der Waals surface area contributed by atoms with E-state index in [9.17, 15) is 4.79 Å². The fourth-order valence-electron chi connectivity index (χ4n) is 2.20. The molecule has 5 heteroatoms. The molecule has 1 aliphatic rings. The van der Waals surface area contributed by atoms with Crippen LogP contribution in [0.5, 0.6) is 0 Å². The summed E-state index contributed by atoms with van der Waals surface area (Å²) < 4.78 is 0. The Labute approximate surface area is 117 Å². The van der Waals surface area contributed by atoms with Crippen LogP contribution in [-0.2, 0) is 0 Å². The molecule has 1 aromatic rings. The molecule has 19 heavy (non-hydrogen) atoms. The van der Waals surface area contributed by atoms with Crippen molar-refractivity contribution in [1.29, 1.82) is 0 Å². The maximum Gasteiger partial charge on any atom is 0.265 e. The van der Waals surface area contributed by atoms with Gasteiger partial charge in [-0.25, -0.2) is 0 Å². The fraction of sp³-hybridized carbons (Fsp3) is 0.500. The Morgan fingerprint density at radius 1 is 1.63 bits per heavy atom. The SMILES string of the molecule is CN(C)C1CCN(C(=O)c2sccc2C#CCO)C1. The zero-order chi connectivity index (χ0) is 13.8. The average Bonchev–Trinajstić information content (AvgIpc) is 3.04. The van der Waals surface area contributed by atoms with E-state index < -0.39 is 0 Å². The molecule has 1 aromatic heterocycles. The number of thiophene rings is 1. The third kappa shape index (κ3) is 3.16. The number of likely N-dealkylation sites (tertiary alicyclic amines) is 1. The van der Waals surface area contributed by atoms with Crippen molar-refractivity contribution in [2.45, 2.75) is 12.5 Å². The fourth-order valence-corrected chi connectivity index (χ4v) is 3.02. The van der Waals surface area contributed by atoms with Crippen LogP contribution in [0.3, 0.4) is 0 Å². The van der Waals surface area contributed by atoms with Crippen molar-refractivity contribution in [1.82, 2.24) is 9.80 Å². The summed E-state index contributed by atoms with van der Waals surface area (Å²) in [5.41, 5.74) is 0.720. The molecule has 0 spiro atoms. The predicted molar refractivity (Wildman–Crippen MR) is 76.3 cm³/mol. The van der Waals surface area contributed by atoms with E-state index in [4.69, 9.17) is 5.11 Å². The number of rotatable bonds is 2. The van der Waals surface area contributed by atoms with E-state index in [0.717, 1.165) is 25.1 Å². The first kappa shape index (κ1) is 14.1. The van der Waals surface area contributed by atoms with Crippen LogP contribution in [0.2, 0.25) is 0 Å². The number of aliphatic hydroxyl groups excluding tert-OH is 1. The summed E-state index contributed by atoms with van der Waals surface area (Å²) in [6.07, 6.45) is 1.02. The maximum absolute atomic E-state index is 12.4. The Balaban J connectivity index is 2.11. The monoisotopic (exact) mass is 278 g/mol. The van der Waals surface area contributed by atoms with E-state index in [1.165, 1.54) is 11.3 Å². The summed E-state index contributed by atoms with van der Waals surface area (Å²) in [6.45, 7) is 1.39. The number of nitrogens with zero attached hydrogens (tertiary/aromatic N) is 2. The van der Waals surface area contributed by atoms with Gasteiger partial charge < -0.3 is 14.9 Å². The number of carbonyl (C=O) groups is 1. The Morgan fingerprint density at radius 2 is 2.42 bits per heavy atom. The Hall–Kier alpha value is -1.35. The molecule has 102 valence electrons. The van der Waals surface area contributed by atoms with Gasteiger partial charge in [0.2, 0.25) is 0 Å². The lowest BCUT2D eigenvalue weighted by Gasteiger charge is -2.20. The van der Waals surface area contributed by atoms with Crippen LogP contribution in [0.25, 0.3) is 0 Å². The van der Waals surface area contributed by atoms with Crippen LogP contribution in [0.1, 0.15) is 21.7 Å². The second-order valence-corrected chi connectivity index (χ2v) is 5.70. The van der Waals surface area contributed by atoms with Gasteiger partial charge in [-0.15, -0.1) is 11.3 Å². The Bertz CT molecular complexity index is 513. The number of amides is 1. The van der Waals surface area contributed by atoms with Gasteiger partial charge in [0, 0.05) is 24.7 Å². The number of aliphatic hydroxyl groups is 1. The molecular weight excluding hydrogens is 260 g/mol. The largest absolute Gasteiger partial charge is 0.384 e. The normalized spacial score (nSPS) is 18.5. The highest BCUT2D eigenvalue weighted by atomic mass is 32.1. The van der Waals surface area contributed by atoms with Crippen LogP contribution in [-0.4, -0.2) is 60.6 Å². The number of carbonyl (C=O) groups excluding carboxylic acids is 1. The average molecular weight is 278 g/mol. The van der Waals surface area contributed by atoms with Gasteiger partial charge in [0.1, 0.15) is 11.5 Å². The van der Waals surface area contributed by atoms with Crippen LogP contribution >= 0.6 is 11.3 Å². The van der Waals surface area contributed by atoms with Crippen LogP contribution in [0, 0.1) is 11.8 Å². The molecule has 1 fully saturated rings. The minimum absolute atomic E-state index is 0.0570. The van der Waals surface area contributed by atoms with Gasteiger partial charge in [0.05, 0.1) is 0 Å². The summed E-state index contributed by atoms with van der Waals surface area (Å²) in [6, 6.07) is 2.27. The molecule has 1 unspecified atom stereocenters. The van der Waals surface area contributed by atoms with E-state index >= 15 is 0 Å². The van der Waals surface area contributed by atoms with Gasteiger partial charge in [-0.3, -0.25) is 4.79 Å². The summed E-state index contributed by atoms with van der Waals surface area (Å²) in [5, 5.41) is 10.6. The van der Waals surface area contributed by atoms with Crippen molar-refractivity contribution in [3.05, 3.63) is 21.9 Å². The third-order valence-electron chi connectivity index (χ3n) is 3.34. The minimum Gasteiger partial charge on any atom is -0.384 e. The standard InChI is InChI=1S/C14H18N2O2S/c1-15(2)12-5-7-16(10-12)14(18)13-11(4-3-8-17)6-9-19-13/h6,9,12,17H,5,7-8,10H2,1-2H3. The molecule has 1 amide bonds. The number of hydrogen-bond acceptors (Lipinski definition) is 4. The minimum atomic E-state index is -0.185. The molecule has 2 rings (SSSR count). The van der Waals surface area contributed by atoms with Gasteiger partial charge in [-0.1, -0.05) is 11.8 Å². The molecular formula is C14H18N2O2S. The molecule has 1 N–H and O–H groups in total. The lowest BCUT2D eigenvalue weighted by atomic mass is 10.2. The van der Waals surface area contributed by atoms with Gasteiger partial charge in [-0.2, -0.15) is 0 Å². The molecule has 1 atom stereocenters. The summed E-state index contributed by atoms with van der Waals surface area (Å²) in [4.78, 5) is 17.2.